The van der Waals surface area contributed by atoms with E-state index in [1.807, 2.05) is 0 Å². The number of carbonyl (C=O) groups is 2. The molecule has 31 heavy (non-hydrogen) atoms. The van der Waals surface area contributed by atoms with Crippen molar-refractivity contribution in [2.75, 3.05) is 6.61 Å². The normalized spacial score (nSPS) is 15.3. The third kappa shape index (κ3) is 16.3. The molecule has 4 N–H and O–H groups in total. The minimum atomic E-state index is -1.76. The molecule has 4 unspecified atom stereocenters. The summed E-state index contributed by atoms with van der Waals surface area (Å²) in [5.41, 5.74) is 0. The van der Waals surface area contributed by atoms with Gasteiger partial charge in [-0.15, -0.1) is 0 Å². The molecule has 0 aromatic rings. The molecule has 0 radical (unpaired) electrons. The van der Waals surface area contributed by atoms with Crippen molar-refractivity contribution in [3.05, 3.63) is 0 Å². The number of unbranched alkanes of at least 4 members (excludes halogenated alkanes) is 14. The fraction of sp³-hybridized carbons (Fsp3) is 0.917. The Morgan fingerprint density at radius 2 is 1.19 bits per heavy atom. The average molecular weight is 447 g/mol. The van der Waals surface area contributed by atoms with Gasteiger partial charge in [-0.1, -0.05) is 96.8 Å². The number of aliphatic hydroxyl groups is 4. The molecule has 0 amide bonds. The van der Waals surface area contributed by atoms with Crippen molar-refractivity contribution in [3.63, 3.8) is 0 Å². The van der Waals surface area contributed by atoms with Crippen LogP contribution in [0.25, 0.3) is 0 Å². The van der Waals surface area contributed by atoms with Crippen LogP contribution in [0.4, 0.5) is 0 Å². The smallest absolute Gasteiger partial charge is 0.306 e. The van der Waals surface area contributed by atoms with Crippen molar-refractivity contribution >= 4 is 12.3 Å². The summed E-state index contributed by atoms with van der Waals surface area (Å²) in [6.07, 6.45) is 11.8. The Bertz CT molecular complexity index is 430. The molecule has 0 heterocycles. The minimum absolute atomic E-state index is 0.113. The van der Waals surface area contributed by atoms with E-state index in [1.165, 1.54) is 70.6 Å². The second kappa shape index (κ2) is 20.9. The van der Waals surface area contributed by atoms with E-state index in [1.54, 1.807) is 0 Å². The maximum atomic E-state index is 11.9. The molecule has 0 fully saturated rings. The van der Waals surface area contributed by atoms with E-state index in [-0.39, 0.29) is 12.7 Å². The van der Waals surface area contributed by atoms with Crippen LogP contribution in [-0.2, 0) is 14.3 Å². The molecule has 0 aliphatic heterocycles. The van der Waals surface area contributed by atoms with Crippen molar-refractivity contribution in [1.82, 2.24) is 0 Å². The van der Waals surface area contributed by atoms with Crippen molar-refractivity contribution in [3.8, 4) is 0 Å². The lowest BCUT2D eigenvalue weighted by molar-refractivity contribution is -0.174. The first-order valence-corrected chi connectivity index (χ1v) is 12.3. The zero-order valence-electron chi connectivity index (χ0n) is 19.4. The molecule has 0 aromatic carbocycles. The molecule has 0 bridgehead atoms. The summed E-state index contributed by atoms with van der Waals surface area (Å²) < 4.78 is 4.97. The number of ether oxygens (including phenoxy) is 1. The minimum Gasteiger partial charge on any atom is -0.456 e. The molecule has 7 heteroatoms. The van der Waals surface area contributed by atoms with Gasteiger partial charge < -0.3 is 30.0 Å². The molecule has 0 aliphatic carbocycles. The van der Waals surface area contributed by atoms with E-state index in [0.29, 0.717) is 6.42 Å². The van der Waals surface area contributed by atoms with Gasteiger partial charge in [0.25, 0.3) is 0 Å². The molecule has 7 nitrogen and oxygen atoms in total. The van der Waals surface area contributed by atoms with E-state index >= 15 is 0 Å². The van der Waals surface area contributed by atoms with Crippen LogP contribution in [0, 0.1) is 0 Å². The number of aliphatic hydroxyl groups excluding tert-OH is 4. The van der Waals surface area contributed by atoms with Gasteiger partial charge in [0.2, 0.25) is 0 Å². The predicted molar refractivity (Wildman–Crippen MR) is 121 cm³/mol. The summed E-state index contributed by atoms with van der Waals surface area (Å²) in [4.78, 5) is 22.7. The first-order chi connectivity index (χ1) is 15.0. The molecule has 0 saturated heterocycles. The maximum Gasteiger partial charge on any atom is 0.306 e. The highest BCUT2D eigenvalue weighted by atomic mass is 16.6. The van der Waals surface area contributed by atoms with E-state index in [2.05, 4.69) is 6.92 Å². The molecule has 4 atom stereocenters. The number of aldehydes is 1. The van der Waals surface area contributed by atoms with Crippen molar-refractivity contribution in [1.29, 1.82) is 0 Å². The lowest BCUT2D eigenvalue weighted by Gasteiger charge is -2.27. The third-order valence-corrected chi connectivity index (χ3v) is 5.65. The van der Waals surface area contributed by atoms with Crippen molar-refractivity contribution in [2.45, 2.75) is 134 Å². The van der Waals surface area contributed by atoms with Crippen LogP contribution >= 0.6 is 0 Å². The molecule has 184 valence electrons. The van der Waals surface area contributed by atoms with Crippen molar-refractivity contribution < 1.29 is 34.8 Å². The average Bonchev–Trinajstić information content (AvgIpc) is 2.78. The number of hydrogen-bond acceptors (Lipinski definition) is 7. The molecule has 0 spiro atoms. The Labute approximate surface area is 188 Å². The van der Waals surface area contributed by atoms with Gasteiger partial charge in [0.1, 0.15) is 18.3 Å². The summed E-state index contributed by atoms with van der Waals surface area (Å²) in [5.74, 6) is -0.648. The standard InChI is InChI=1S/C24H46O7/c1-2-3-4-5-6-7-8-9-10-11-12-13-14-15-16-17-22(29)31-24(21(28)19-26)23(30)20(27)18-25/h19-21,23-25,27-28,30H,2-18H2,1H3. The quantitative estimate of drug-likeness (QED) is 0.114. The Morgan fingerprint density at radius 1 is 0.774 bits per heavy atom. The lowest BCUT2D eigenvalue weighted by Crippen LogP contribution is -2.48. The molecular weight excluding hydrogens is 400 g/mol. The van der Waals surface area contributed by atoms with Crippen molar-refractivity contribution in [2.24, 2.45) is 0 Å². The zero-order chi connectivity index (χ0) is 23.3. The third-order valence-electron chi connectivity index (χ3n) is 5.65. The van der Waals surface area contributed by atoms with Crippen LogP contribution in [-0.4, -0.2) is 63.7 Å². The predicted octanol–water partition coefficient (Wildman–Crippen LogP) is 3.43. The number of rotatable bonds is 22. The van der Waals surface area contributed by atoms with Crippen LogP contribution in [0.3, 0.4) is 0 Å². The second-order valence-corrected chi connectivity index (χ2v) is 8.52. The van der Waals surface area contributed by atoms with Gasteiger partial charge in [0, 0.05) is 6.42 Å². The summed E-state index contributed by atoms with van der Waals surface area (Å²) in [7, 11) is 0. The monoisotopic (exact) mass is 446 g/mol. The zero-order valence-corrected chi connectivity index (χ0v) is 19.4. The van der Waals surface area contributed by atoms with E-state index < -0.39 is 37.0 Å². The highest BCUT2D eigenvalue weighted by molar-refractivity contribution is 5.70. The summed E-state index contributed by atoms with van der Waals surface area (Å²) >= 11 is 0. The maximum absolute atomic E-state index is 11.9. The summed E-state index contributed by atoms with van der Waals surface area (Å²) in [6, 6.07) is 0. The number of carbonyl (C=O) groups excluding carboxylic acids is 2. The molecular formula is C24H46O7. The van der Waals surface area contributed by atoms with E-state index in [9.17, 15) is 24.9 Å². The first-order valence-electron chi connectivity index (χ1n) is 12.3. The first kappa shape index (κ1) is 30.0. The Morgan fingerprint density at radius 3 is 1.58 bits per heavy atom. The van der Waals surface area contributed by atoms with Crippen LogP contribution in [0.15, 0.2) is 0 Å². The fourth-order valence-electron chi connectivity index (χ4n) is 3.60. The second-order valence-electron chi connectivity index (χ2n) is 8.52. The van der Waals surface area contributed by atoms with Crippen LogP contribution < -0.4 is 0 Å². The highest BCUT2D eigenvalue weighted by Crippen LogP contribution is 2.15. The topological polar surface area (TPSA) is 124 Å². The van der Waals surface area contributed by atoms with Gasteiger partial charge in [-0.25, -0.2) is 0 Å². The van der Waals surface area contributed by atoms with Crippen LogP contribution in [0.2, 0.25) is 0 Å². The van der Waals surface area contributed by atoms with E-state index in [0.717, 1.165) is 19.3 Å². The summed E-state index contributed by atoms with van der Waals surface area (Å²) in [5, 5.41) is 37.7. The fourth-order valence-corrected chi connectivity index (χ4v) is 3.60. The van der Waals surface area contributed by atoms with Gasteiger partial charge in [-0.2, -0.15) is 0 Å². The van der Waals surface area contributed by atoms with Gasteiger partial charge in [0.05, 0.1) is 6.61 Å². The van der Waals surface area contributed by atoms with Crippen LogP contribution in [0.1, 0.15) is 110 Å². The number of hydrogen-bond donors (Lipinski definition) is 4. The number of esters is 1. The van der Waals surface area contributed by atoms with Crippen LogP contribution in [0.5, 0.6) is 0 Å². The molecule has 0 aliphatic rings. The molecule has 0 saturated carbocycles. The van der Waals surface area contributed by atoms with Gasteiger partial charge in [0.15, 0.2) is 12.4 Å². The Balaban J connectivity index is 3.69. The molecule has 0 rings (SSSR count). The van der Waals surface area contributed by atoms with E-state index in [4.69, 9.17) is 9.84 Å². The Hall–Kier alpha value is -1.02. The van der Waals surface area contributed by atoms with Gasteiger partial charge in [-0.05, 0) is 6.42 Å². The van der Waals surface area contributed by atoms with Gasteiger partial charge in [-0.3, -0.25) is 4.79 Å². The summed E-state index contributed by atoms with van der Waals surface area (Å²) in [6.45, 7) is 1.47. The Kier molecular flexibility index (Phi) is 20.2. The SMILES string of the molecule is CCCCCCCCCCCCCCCCCC(=O)OC(C(O)C=O)C(O)C(O)CO. The van der Waals surface area contributed by atoms with Gasteiger partial charge >= 0.3 is 5.97 Å². The molecule has 0 aromatic heterocycles. The largest absolute Gasteiger partial charge is 0.456 e. The lowest BCUT2D eigenvalue weighted by atomic mass is 10.0. The highest BCUT2D eigenvalue weighted by Gasteiger charge is 2.34.